The van der Waals surface area contributed by atoms with Crippen molar-refractivity contribution in [1.82, 2.24) is 0 Å². The van der Waals surface area contributed by atoms with Crippen molar-refractivity contribution < 1.29 is 29.0 Å². The van der Waals surface area contributed by atoms with Crippen molar-refractivity contribution in [3.05, 3.63) is 12.2 Å². The number of hydrogen-bond acceptors (Lipinski definition) is 6. The summed E-state index contributed by atoms with van der Waals surface area (Å²) in [7, 11) is 0. The molecule has 168 valence electrons. The fourth-order valence-corrected chi connectivity index (χ4v) is 10.3. The van der Waals surface area contributed by atoms with E-state index in [9.17, 15) is 19.5 Å². The van der Waals surface area contributed by atoms with E-state index in [1.807, 2.05) is 33.8 Å². The molecule has 1 saturated heterocycles. The van der Waals surface area contributed by atoms with Crippen molar-refractivity contribution in [2.24, 2.45) is 44.8 Å². The van der Waals surface area contributed by atoms with Crippen molar-refractivity contribution in [3.63, 3.8) is 0 Å². The van der Waals surface area contributed by atoms with Crippen LogP contribution < -0.4 is 0 Å². The fourth-order valence-electron chi connectivity index (χ4n) is 10.3. The number of fused-ring (bicyclic) bond motifs is 2. The van der Waals surface area contributed by atoms with Gasteiger partial charge in [-0.1, -0.05) is 26.8 Å². The Morgan fingerprint density at radius 2 is 1.77 bits per heavy atom. The van der Waals surface area contributed by atoms with Crippen LogP contribution in [0.1, 0.15) is 60.3 Å². The predicted molar refractivity (Wildman–Crippen MR) is 109 cm³/mol. The van der Waals surface area contributed by atoms with Crippen LogP contribution in [-0.2, 0) is 23.9 Å². The summed E-state index contributed by atoms with van der Waals surface area (Å²) >= 11 is 0. The van der Waals surface area contributed by atoms with Gasteiger partial charge < -0.3 is 14.6 Å². The molecule has 0 aromatic carbocycles. The fraction of sp³-hybridized carbons (Fsp3) is 0.800. The number of esters is 2. The number of ether oxygens (including phenoxy) is 2. The zero-order chi connectivity index (χ0) is 22.4. The molecule has 31 heavy (non-hydrogen) atoms. The molecule has 0 aromatic heterocycles. The first-order valence-electron chi connectivity index (χ1n) is 11.6. The Balaban J connectivity index is 1.62. The molecule has 6 nitrogen and oxygen atoms in total. The number of carbonyl (C=O) groups excluding carboxylic acids is 3. The number of aliphatic hydroxyl groups excluding tert-OH is 1. The lowest BCUT2D eigenvalue weighted by Gasteiger charge is -2.70. The summed E-state index contributed by atoms with van der Waals surface area (Å²) in [5.41, 5.74) is -3.63. The van der Waals surface area contributed by atoms with Crippen LogP contribution >= 0.6 is 0 Å². The minimum absolute atomic E-state index is 0.0893. The quantitative estimate of drug-likeness (QED) is 0.597. The minimum Gasteiger partial charge on any atom is -0.465 e. The number of Topliss-reactive ketones (excluding diaryl/α,β-unsaturated/α-hetero) is 1. The predicted octanol–water partition coefficient (Wildman–Crippen LogP) is 2.82. The lowest BCUT2D eigenvalue weighted by Crippen LogP contribution is -2.75. The molecule has 0 radical (unpaired) electrons. The Kier molecular flexibility index (Phi) is 3.29. The number of hydrogen-bond donors (Lipinski definition) is 1. The number of aliphatic hydroxyl groups is 1. The summed E-state index contributed by atoms with van der Waals surface area (Å²) in [6.45, 7) is 10.3. The highest BCUT2D eigenvalue weighted by Gasteiger charge is 2.90. The first-order valence-corrected chi connectivity index (χ1v) is 11.6. The average Bonchev–Trinajstić information content (AvgIpc) is 3.09. The highest BCUT2D eigenvalue weighted by Crippen LogP contribution is 2.86. The molecule has 5 aliphatic carbocycles. The molecule has 2 spiro atoms. The summed E-state index contributed by atoms with van der Waals surface area (Å²) in [6, 6.07) is 0. The van der Waals surface area contributed by atoms with Gasteiger partial charge in [-0.3, -0.25) is 9.59 Å². The van der Waals surface area contributed by atoms with Gasteiger partial charge in [0.05, 0.1) is 24.0 Å². The van der Waals surface area contributed by atoms with Crippen LogP contribution in [0.4, 0.5) is 0 Å². The number of ketones is 1. The van der Waals surface area contributed by atoms with Crippen molar-refractivity contribution in [1.29, 1.82) is 0 Å². The van der Waals surface area contributed by atoms with Crippen molar-refractivity contribution in [3.8, 4) is 0 Å². The Labute approximate surface area is 182 Å². The molecule has 0 unspecified atom stereocenters. The molecule has 7 rings (SSSR count). The van der Waals surface area contributed by atoms with Gasteiger partial charge in [0.15, 0.2) is 0 Å². The Bertz CT molecular complexity index is 982. The van der Waals surface area contributed by atoms with Crippen LogP contribution in [0.2, 0.25) is 0 Å². The van der Waals surface area contributed by atoms with E-state index in [2.05, 4.69) is 6.92 Å². The number of allylic oxidation sites excluding steroid dienone is 1. The maximum atomic E-state index is 14.0. The lowest BCUT2D eigenvalue weighted by atomic mass is 9.31. The largest absolute Gasteiger partial charge is 0.465 e. The third-order valence-electron chi connectivity index (χ3n) is 11.2. The first-order chi connectivity index (χ1) is 14.3. The molecule has 9 atom stereocenters. The van der Waals surface area contributed by atoms with Gasteiger partial charge in [-0.2, -0.15) is 0 Å². The molecule has 0 amide bonds. The van der Waals surface area contributed by atoms with E-state index in [-0.39, 0.29) is 47.0 Å². The SMILES string of the molecule is CC1(C)OC(=O)C=C[C@@]2(C)[C@@H]1CC[C@]13C[C@]4(C)C(=O)[C@](C)(C[C@@H]21)[C@]31COC(=O)[C@H]1[C@H]4O. The summed E-state index contributed by atoms with van der Waals surface area (Å²) in [6.07, 6.45) is 5.53. The van der Waals surface area contributed by atoms with Gasteiger partial charge >= 0.3 is 11.9 Å². The lowest BCUT2D eigenvalue weighted by molar-refractivity contribution is -0.251. The summed E-state index contributed by atoms with van der Waals surface area (Å²) < 4.78 is 11.5. The Hall–Kier alpha value is -1.69. The molecule has 6 fully saturated rings. The topological polar surface area (TPSA) is 89.9 Å². The molecule has 2 aliphatic heterocycles. The smallest absolute Gasteiger partial charge is 0.330 e. The van der Waals surface area contributed by atoms with Gasteiger partial charge in [-0.25, -0.2) is 4.79 Å². The van der Waals surface area contributed by atoms with Crippen LogP contribution in [0.25, 0.3) is 0 Å². The van der Waals surface area contributed by atoms with Gasteiger partial charge in [-0.05, 0) is 56.3 Å². The van der Waals surface area contributed by atoms with Gasteiger partial charge in [0.1, 0.15) is 11.4 Å². The highest BCUT2D eigenvalue weighted by atomic mass is 16.6. The summed E-state index contributed by atoms with van der Waals surface area (Å²) in [4.78, 5) is 39.3. The van der Waals surface area contributed by atoms with Crippen molar-refractivity contribution >= 4 is 17.7 Å². The van der Waals surface area contributed by atoms with Gasteiger partial charge in [0.25, 0.3) is 0 Å². The Morgan fingerprint density at radius 1 is 1.06 bits per heavy atom. The van der Waals surface area contributed by atoms with Crippen molar-refractivity contribution in [2.45, 2.75) is 72.0 Å². The van der Waals surface area contributed by atoms with E-state index >= 15 is 0 Å². The van der Waals surface area contributed by atoms with Crippen LogP contribution in [-0.4, -0.2) is 41.1 Å². The zero-order valence-electron chi connectivity index (χ0n) is 19.0. The zero-order valence-corrected chi connectivity index (χ0v) is 19.0. The molecule has 5 saturated carbocycles. The molecule has 4 bridgehead atoms. The second-order valence-corrected chi connectivity index (χ2v) is 12.5. The third kappa shape index (κ3) is 1.73. The van der Waals surface area contributed by atoms with E-state index in [1.165, 1.54) is 0 Å². The second kappa shape index (κ2) is 5.11. The Morgan fingerprint density at radius 3 is 2.48 bits per heavy atom. The van der Waals surface area contributed by atoms with Gasteiger partial charge in [0, 0.05) is 22.8 Å². The van der Waals surface area contributed by atoms with Crippen LogP contribution in [0, 0.1) is 44.8 Å². The second-order valence-electron chi connectivity index (χ2n) is 12.5. The van der Waals surface area contributed by atoms with E-state index in [0.29, 0.717) is 12.8 Å². The summed E-state index contributed by atoms with van der Waals surface area (Å²) in [5.74, 6) is -1.02. The maximum Gasteiger partial charge on any atom is 0.330 e. The van der Waals surface area contributed by atoms with E-state index in [1.54, 1.807) is 6.08 Å². The molecule has 6 heteroatoms. The number of cyclic esters (lactones) is 2. The first kappa shape index (κ1) is 20.0. The molecular weight excluding hydrogens is 396 g/mol. The third-order valence-corrected chi connectivity index (χ3v) is 11.2. The van der Waals surface area contributed by atoms with E-state index < -0.39 is 33.9 Å². The van der Waals surface area contributed by atoms with E-state index in [0.717, 1.165) is 12.8 Å². The van der Waals surface area contributed by atoms with Crippen LogP contribution in [0.5, 0.6) is 0 Å². The standard InChI is InChI=1S/C25H32O6/c1-20(2)13-6-9-24-11-22(4)17(27)16-18(28)30-12-25(16,24)23(5,19(22)29)10-14(24)21(13,3)8-7-15(26)31-20/h7-8,13-14,16-17,27H,6,9-12H2,1-5H3/t13-,14+,16-,17-,21+,22+,23+,24+,25-/m1/s1. The minimum atomic E-state index is -0.996. The molecule has 7 aliphatic rings. The molecule has 1 N–H and O–H groups in total. The normalized spacial score (nSPS) is 58.2. The van der Waals surface area contributed by atoms with Crippen LogP contribution in [0.15, 0.2) is 12.2 Å². The number of rotatable bonds is 0. The monoisotopic (exact) mass is 428 g/mol. The molecule has 0 aromatic rings. The summed E-state index contributed by atoms with van der Waals surface area (Å²) in [5, 5.41) is 11.3. The maximum absolute atomic E-state index is 14.0. The van der Waals surface area contributed by atoms with Gasteiger partial charge in [-0.15, -0.1) is 0 Å². The molecular formula is C25H32O6. The highest BCUT2D eigenvalue weighted by molar-refractivity contribution is 5.98. The van der Waals surface area contributed by atoms with Crippen molar-refractivity contribution in [2.75, 3.05) is 6.61 Å². The van der Waals surface area contributed by atoms with E-state index in [4.69, 9.17) is 9.47 Å². The molecule has 2 heterocycles. The van der Waals surface area contributed by atoms with Gasteiger partial charge in [0.2, 0.25) is 0 Å². The average molecular weight is 429 g/mol. The van der Waals surface area contributed by atoms with Crippen LogP contribution in [0.3, 0.4) is 0 Å². The number of carbonyl (C=O) groups is 3.